The number of hydrogen-bond donors (Lipinski definition) is 4. The smallest absolute Gasteiger partial charge is 0.472 e. The van der Waals surface area contributed by atoms with Gasteiger partial charge in [-0.05, 0) is 57.8 Å². The Balaban J connectivity index is 3.91. The minimum atomic E-state index is -4.75. The Morgan fingerprint density at radius 2 is 1.06 bits per heavy atom. The van der Waals surface area contributed by atoms with E-state index in [4.69, 9.17) is 13.8 Å². The first kappa shape index (κ1) is 49.0. The third-order valence-electron chi connectivity index (χ3n) is 8.44. The lowest BCUT2D eigenvalue weighted by Gasteiger charge is -2.18. The van der Waals surface area contributed by atoms with E-state index in [2.05, 4.69) is 43.5 Å². The molecule has 0 saturated heterocycles. The van der Waals surface area contributed by atoms with E-state index in [0.29, 0.717) is 12.8 Å². The van der Waals surface area contributed by atoms with Gasteiger partial charge in [-0.2, -0.15) is 0 Å². The molecule has 1 amide bonds. The van der Waals surface area contributed by atoms with Gasteiger partial charge in [-0.3, -0.25) is 18.6 Å². The zero-order valence-corrected chi connectivity index (χ0v) is 32.8. The molecule has 0 aliphatic carbocycles. The van der Waals surface area contributed by atoms with Gasteiger partial charge in [0.1, 0.15) is 12.7 Å². The van der Waals surface area contributed by atoms with Crippen LogP contribution >= 0.6 is 7.82 Å². The molecule has 0 fully saturated rings. The number of carboxylic acids is 1. The van der Waals surface area contributed by atoms with Crippen LogP contribution in [0.15, 0.2) is 24.3 Å². The van der Waals surface area contributed by atoms with E-state index in [-0.39, 0.29) is 12.8 Å². The minimum Gasteiger partial charge on any atom is -0.480 e. The second-order valence-corrected chi connectivity index (χ2v) is 14.9. The Hall–Kier alpha value is -2.04. The first-order valence-corrected chi connectivity index (χ1v) is 21.4. The number of rotatable bonds is 37. The molecule has 0 saturated carbocycles. The Bertz CT molecular complexity index is 974. The molecule has 4 N–H and O–H groups in total. The molecule has 0 aliphatic rings. The summed E-state index contributed by atoms with van der Waals surface area (Å²) in [6.45, 7) is 2.49. The quantitative estimate of drug-likeness (QED) is 0.0208. The second kappa shape index (κ2) is 35.0. The fourth-order valence-electron chi connectivity index (χ4n) is 5.31. The predicted molar refractivity (Wildman–Crippen MR) is 203 cm³/mol. The summed E-state index contributed by atoms with van der Waals surface area (Å²) < 4.78 is 26.7. The first-order chi connectivity index (χ1) is 24.6. The lowest BCUT2D eigenvalue weighted by atomic mass is 10.1. The monoisotopic (exact) mass is 745 g/mol. The van der Waals surface area contributed by atoms with Gasteiger partial charge in [0, 0.05) is 12.8 Å². The molecule has 0 aromatic rings. The van der Waals surface area contributed by atoms with Crippen molar-refractivity contribution in [2.24, 2.45) is 0 Å². The van der Waals surface area contributed by atoms with Gasteiger partial charge in [0.05, 0.1) is 13.2 Å². The fraction of sp³-hybridized carbons (Fsp3) is 0.821. The molecular formula is C39H72NO10P. The summed E-state index contributed by atoms with van der Waals surface area (Å²) >= 11 is 0. The largest absolute Gasteiger partial charge is 0.480 e. The van der Waals surface area contributed by atoms with E-state index in [1.807, 2.05) is 0 Å². The minimum absolute atomic E-state index is 0.135. The third-order valence-corrected chi connectivity index (χ3v) is 9.39. The first-order valence-electron chi connectivity index (χ1n) is 19.9. The number of phosphoric acid groups is 1. The molecule has 0 radical (unpaired) electrons. The van der Waals surface area contributed by atoms with Crippen LogP contribution in [0.2, 0.25) is 0 Å². The summed E-state index contributed by atoms with van der Waals surface area (Å²) in [5, 5.41) is 21.7. The Kier molecular flexibility index (Phi) is 33.6. The van der Waals surface area contributed by atoms with Crippen LogP contribution in [-0.4, -0.2) is 64.9 Å². The van der Waals surface area contributed by atoms with E-state index in [9.17, 15) is 34.1 Å². The van der Waals surface area contributed by atoms with E-state index in [1.54, 1.807) is 0 Å². The molecule has 0 bridgehead atoms. The molecule has 0 aliphatic heterocycles. The van der Waals surface area contributed by atoms with E-state index in [1.165, 1.54) is 64.2 Å². The van der Waals surface area contributed by atoms with Crippen LogP contribution in [0, 0.1) is 0 Å². The highest BCUT2D eigenvalue weighted by atomic mass is 31.2. The van der Waals surface area contributed by atoms with Crippen molar-refractivity contribution in [2.45, 2.75) is 187 Å². The van der Waals surface area contributed by atoms with E-state index < -0.39 is 57.6 Å². The molecule has 298 valence electrons. The number of nitrogens with one attached hydrogen (secondary N) is 1. The summed E-state index contributed by atoms with van der Waals surface area (Å²) in [6, 6.07) is -1.55. The van der Waals surface area contributed by atoms with Crippen LogP contribution in [-0.2, 0) is 32.7 Å². The summed E-state index contributed by atoms with van der Waals surface area (Å²) in [5.74, 6) is -2.39. The van der Waals surface area contributed by atoms with Gasteiger partial charge in [-0.1, -0.05) is 128 Å². The number of aliphatic carboxylic acids is 1. The molecule has 0 aromatic heterocycles. The fourth-order valence-corrected chi connectivity index (χ4v) is 6.08. The molecule has 51 heavy (non-hydrogen) atoms. The number of phosphoric ester groups is 1. The highest BCUT2D eigenvalue weighted by Crippen LogP contribution is 2.43. The van der Waals surface area contributed by atoms with Crippen LogP contribution in [0.3, 0.4) is 0 Å². The molecule has 3 atom stereocenters. The molecule has 12 heteroatoms. The number of carbonyl (C=O) groups is 3. The van der Waals surface area contributed by atoms with Gasteiger partial charge in [-0.15, -0.1) is 0 Å². The lowest BCUT2D eigenvalue weighted by molar-refractivity contribution is -0.147. The van der Waals surface area contributed by atoms with Gasteiger partial charge < -0.3 is 25.2 Å². The van der Waals surface area contributed by atoms with Crippen molar-refractivity contribution in [3.63, 3.8) is 0 Å². The lowest BCUT2D eigenvalue weighted by Crippen LogP contribution is -2.43. The van der Waals surface area contributed by atoms with Crippen molar-refractivity contribution in [3.8, 4) is 0 Å². The number of ether oxygens (including phenoxy) is 1. The summed E-state index contributed by atoms with van der Waals surface area (Å²) in [7, 11) is -4.75. The summed E-state index contributed by atoms with van der Waals surface area (Å²) in [5.41, 5.74) is 0. The van der Waals surface area contributed by atoms with E-state index >= 15 is 0 Å². The average Bonchev–Trinajstić information content (AvgIpc) is 3.10. The molecule has 0 aromatic carbocycles. The van der Waals surface area contributed by atoms with Gasteiger partial charge in [0.2, 0.25) is 5.91 Å². The average molecular weight is 746 g/mol. The van der Waals surface area contributed by atoms with Gasteiger partial charge >= 0.3 is 19.8 Å². The van der Waals surface area contributed by atoms with Crippen molar-refractivity contribution in [1.29, 1.82) is 0 Å². The Morgan fingerprint density at radius 3 is 1.57 bits per heavy atom. The number of allylic oxidation sites excluding steroid dienone is 4. The summed E-state index contributed by atoms with van der Waals surface area (Å²) in [6.07, 6.45) is 33.6. The molecular weight excluding hydrogens is 673 g/mol. The Morgan fingerprint density at radius 1 is 0.608 bits per heavy atom. The van der Waals surface area contributed by atoms with Crippen LogP contribution in [0.25, 0.3) is 0 Å². The highest BCUT2D eigenvalue weighted by molar-refractivity contribution is 7.47. The SMILES string of the molecule is CCC/C=C\CCCCCCCC(=O)NC(COP(=O)(O)OCC(O)COC(=O)CCCCCCCCC/C=C\CCCCCCCC)C(=O)O. The Labute approximate surface area is 309 Å². The second-order valence-electron chi connectivity index (χ2n) is 13.5. The van der Waals surface area contributed by atoms with Crippen molar-refractivity contribution in [2.75, 3.05) is 19.8 Å². The molecule has 0 spiro atoms. The number of aliphatic hydroxyl groups excluding tert-OH is 1. The topological polar surface area (TPSA) is 169 Å². The van der Waals surface area contributed by atoms with E-state index in [0.717, 1.165) is 70.6 Å². The number of carbonyl (C=O) groups excluding carboxylic acids is 2. The number of carboxylic acid groups (broad SMARTS) is 1. The number of aliphatic hydroxyl groups is 1. The number of amides is 1. The van der Waals surface area contributed by atoms with Gasteiger partial charge in [0.15, 0.2) is 6.04 Å². The highest BCUT2D eigenvalue weighted by Gasteiger charge is 2.28. The number of hydrogen-bond acceptors (Lipinski definition) is 8. The predicted octanol–water partition coefficient (Wildman–Crippen LogP) is 9.50. The number of unbranched alkanes of at least 4 members (excludes halogenated alkanes) is 19. The van der Waals surface area contributed by atoms with Crippen LogP contribution < -0.4 is 5.32 Å². The van der Waals surface area contributed by atoms with Crippen molar-refractivity contribution in [1.82, 2.24) is 5.32 Å². The normalized spacial score (nSPS) is 14.1. The zero-order valence-electron chi connectivity index (χ0n) is 31.9. The molecule has 0 rings (SSSR count). The number of esters is 1. The maximum absolute atomic E-state index is 12.2. The van der Waals surface area contributed by atoms with Crippen LogP contribution in [0.1, 0.15) is 174 Å². The molecule has 0 heterocycles. The standard InChI is InChI=1S/C39H72NO10P/c1-3-5-7-9-11-13-15-16-17-18-19-20-21-23-25-27-29-31-38(43)48-32-35(41)33-49-51(46,47)50-34-36(39(44)45)40-37(42)30-28-26-24-22-14-12-10-8-6-4-2/h8,10,16-17,35-36,41H,3-7,9,11-15,18-34H2,1-2H3,(H,40,42)(H,44,45)(H,46,47)/b10-8-,17-16-. The molecule has 11 nitrogen and oxygen atoms in total. The van der Waals surface area contributed by atoms with Gasteiger partial charge in [0.25, 0.3) is 0 Å². The zero-order chi connectivity index (χ0) is 37.8. The maximum atomic E-state index is 12.2. The van der Waals surface area contributed by atoms with Crippen LogP contribution in [0.4, 0.5) is 0 Å². The van der Waals surface area contributed by atoms with Crippen LogP contribution in [0.5, 0.6) is 0 Å². The van der Waals surface area contributed by atoms with Crippen molar-refractivity contribution < 1.29 is 47.8 Å². The van der Waals surface area contributed by atoms with Crippen molar-refractivity contribution >= 4 is 25.7 Å². The molecule has 3 unspecified atom stereocenters. The summed E-state index contributed by atoms with van der Waals surface area (Å²) in [4.78, 5) is 45.6. The third kappa shape index (κ3) is 34.8. The maximum Gasteiger partial charge on any atom is 0.472 e. The van der Waals surface area contributed by atoms with Gasteiger partial charge in [-0.25, -0.2) is 9.36 Å². The van der Waals surface area contributed by atoms with Crippen molar-refractivity contribution in [3.05, 3.63) is 24.3 Å².